The molecule has 2 aromatic carbocycles. The van der Waals surface area contributed by atoms with Gasteiger partial charge in [0.1, 0.15) is 11.4 Å². The molecule has 1 N–H and O–H groups in total. The van der Waals surface area contributed by atoms with E-state index in [2.05, 4.69) is 58.0 Å². The quantitative estimate of drug-likeness (QED) is 0.290. The van der Waals surface area contributed by atoms with Crippen molar-refractivity contribution in [1.82, 2.24) is 24.9 Å². The van der Waals surface area contributed by atoms with Crippen molar-refractivity contribution in [2.24, 2.45) is 0 Å². The Bertz CT molecular complexity index is 1650. The second-order valence-electron chi connectivity index (χ2n) is 11.1. The summed E-state index contributed by atoms with van der Waals surface area (Å²) in [5.74, 6) is 0.841. The lowest BCUT2D eigenvalue weighted by molar-refractivity contribution is 0.0377. The van der Waals surface area contributed by atoms with E-state index in [4.69, 9.17) is 9.72 Å². The third kappa shape index (κ3) is 4.28. The maximum Gasteiger partial charge on any atom is 0.408 e. The number of hydrogen-bond acceptors (Lipinski definition) is 5. The van der Waals surface area contributed by atoms with Gasteiger partial charge in [-0.3, -0.25) is 4.40 Å². The number of rotatable bonds is 4. The van der Waals surface area contributed by atoms with Crippen molar-refractivity contribution in [3.8, 4) is 22.4 Å². The molecule has 1 aliphatic carbocycles. The highest BCUT2D eigenvalue weighted by Crippen LogP contribution is 2.42. The largest absolute Gasteiger partial charge is 0.444 e. The van der Waals surface area contributed by atoms with E-state index in [1.54, 1.807) is 0 Å². The minimum Gasteiger partial charge on any atom is -0.444 e. The summed E-state index contributed by atoms with van der Waals surface area (Å²) >= 11 is 0. The molecule has 7 nitrogen and oxygen atoms in total. The van der Waals surface area contributed by atoms with Crippen LogP contribution < -0.4 is 5.32 Å². The zero-order valence-corrected chi connectivity index (χ0v) is 22.2. The summed E-state index contributed by atoms with van der Waals surface area (Å²) in [5.41, 5.74) is 5.85. The molecule has 3 heterocycles. The highest BCUT2D eigenvalue weighted by Gasteiger charge is 2.41. The third-order valence-electron chi connectivity index (χ3n) is 7.28. The van der Waals surface area contributed by atoms with E-state index < -0.39 is 11.1 Å². The Hall–Kier alpha value is -4.26. The zero-order chi connectivity index (χ0) is 26.5. The van der Waals surface area contributed by atoms with Crippen molar-refractivity contribution in [3.63, 3.8) is 0 Å². The Labute approximate surface area is 221 Å². The van der Waals surface area contributed by atoms with Crippen LogP contribution in [0.4, 0.5) is 4.79 Å². The molecule has 7 heteroatoms. The molecule has 1 saturated carbocycles. The van der Waals surface area contributed by atoms with Crippen LogP contribution in [0.15, 0.2) is 72.9 Å². The van der Waals surface area contributed by atoms with Gasteiger partial charge in [-0.05, 0) is 70.2 Å². The maximum atomic E-state index is 12.6. The fourth-order valence-electron chi connectivity index (χ4n) is 5.23. The molecule has 0 unspecified atom stereocenters. The second-order valence-corrected chi connectivity index (χ2v) is 11.1. The van der Waals surface area contributed by atoms with E-state index in [1.807, 2.05) is 62.6 Å². The van der Waals surface area contributed by atoms with Crippen LogP contribution in [0.1, 0.15) is 51.4 Å². The minimum atomic E-state index is -0.537. The maximum absolute atomic E-state index is 12.6. The topological polar surface area (TPSA) is 81.4 Å². The first-order valence-corrected chi connectivity index (χ1v) is 13.1. The van der Waals surface area contributed by atoms with Crippen LogP contribution in [0.2, 0.25) is 0 Å². The van der Waals surface area contributed by atoms with Crippen LogP contribution >= 0.6 is 0 Å². The molecule has 38 heavy (non-hydrogen) atoms. The summed E-state index contributed by atoms with van der Waals surface area (Å²) in [4.78, 5) is 17.7. The predicted molar refractivity (Wildman–Crippen MR) is 149 cm³/mol. The molecule has 192 valence electrons. The Morgan fingerprint density at radius 1 is 0.974 bits per heavy atom. The lowest BCUT2D eigenvalue weighted by Gasteiger charge is -2.43. The number of aryl methyl sites for hydroxylation is 1. The van der Waals surface area contributed by atoms with Gasteiger partial charge in [0, 0.05) is 22.7 Å². The molecule has 1 amide bonds. The number of amides is 1. The molecule has 1 fully saturated rings. The van der Waals surface area contributed by atoms with Gasteiger partial charge in [-0.2, -0.15) is 0 Å². The van der Waals surface area contributed by atoms with Crippen molar-refractivity contribution in [2.75, 3.05) is 0 Å². The van der Waals surface area contributed by atoms with Crippen molar-refractivity contribution in [3.05, 3.63) is 84.3 Å². The van der Waals surface area contributed by atoms with E-state index in [0.29, 0.717) is 0 Å². The van der Waals surface area contributed by atoms with Crippen LogP contribution in [0.25, 0.3) is 38.9 Å². The van der Waals surface area contributed by atoms with Crippen LogP contribution in [0.3, 0.4) is 0 Å². The predicted octanol–water partition coefficient (Wildman–Crippen LogP) is 6.82. The highest BCUT2D eigenvalue weighted by atomic mass is 16.6. The molecule has 0 radical (unpaired) electrons. The number of aromatic nitrogens is 4. The number of nitrogens with one attached hydrogen (secondary N) is 1. The molecule has 1 aliphatic rings. The lowest BCUT2D eigenvalue weighted by Crippen LogP contribution is -2.52. The van der Waals surface area contributed by atoms with Gasteiger partial charge < -0.3 is 10.1 Å². The molecule has 0 bridgehead atoms. The first-order chi connectivity index (χ1) is 18.2. The number of carbonyl (C=O) groups is 1. The molecule has 0 saturated heterocycles. The van der Waals surface area contributed by atoms with Gasteiger partial charge in [0.05, 0.1) is 16.7 Å². The summed E-state index contributed by atoms with van der Waals surface area (Å²) in [6, 6.07) is 22.9. The van der Waals surface area contributed by atoms with Crippen LogP contribution in [0.5, 0.6) is 0 Å². The molecule has 3 aromatic heterocycles. The normalized spacial score (nSPS) is 14.8. The Balaban J connectivity index is 1.42. The van der Waals surface area contributed by atoms with Crippen LogP contribution in [-0.2, 0) is 10.3 Å². The smallest absolute Gasteiger partial charge is 0.408 e. The molecular formula is C31H31N5O2. The van der Waals surface area contributed by atoms with Crippen LogP contribution in [-0.4, -0.2) is 31.3 Å². The number of benzene rings is 2. The highest BCUT2D eigenvalue weighted by molar-refractivity contribution is 5.98. The number of nitrogens with zero attached hydrogens (tertiary/aromatic N) is 4. The van der Waals surface area contributed by atoms with Crippen molar-refractivity contribution in [1.29, 1.82) is 0 Å². The molecule has 5 aromatic rings. The van der Waals surface area contributed by atoms with E-state index in [-0.39, 0.29) is 6.09 Å². The van der Waals surface area contributed by atoms with Gasteiger partial charge in [0.25, 0.3) is 0 Å². The average molecular weight is 506 g/mol. The summed E-state index contributed by atoms with van der Waals surface area (Å²) in [7, 11) is 0. The number of carbonyl (C=O) groups excluding carboxylic acids is 1. The first-order valence-electron chi connectivity index (χ1n) is 13.1. The van der Waals surface area contributed by atoms with Crippen molar-refractivity contribution >= 4 is 22.6 Å². The van der Waals surface area contributed by atoms with E-state index >= 15 is 0 Å². The number of ether oxygens (including phenoxy) is 1. The van der Waals surface area contributed by atoms with E-state index in [9.17, 15) is 4.79 Å². The Morgan fingerprint density at radius 3 is 2.37 bits per heavy atom. The lowest BCUT2D eigenvalue weighted by atomic mass is 9.71. The monoisotopic (exact) mass is 505 g/mol. The summed E-state index contributed by atoms with van der Waals surface area (Å²) in [5, 5.41) is 12.8. The van der Waals surface area contributed by atoms with Crippen molar-refractivity contribution in [2.45, 2.75) is 58.1 Å². The Morgan fingerprint density at radius 2 is 1.71 bits per heavy atom. The molecule has 6 rings (SSSR count). The molecular weight excluding hydrogens is 474 g/mol. The SMILES string of the molecule is Cc1nnc2c3cc(-c4ccccc4)c(-c4ccc(C5(NC(=O)OC(C)(C)C)CCC5)cc4)nc3ccn12. The zero-order valence-electron chi connectivity index (χ0n) is 22.2. The van der Waals surface area contributed by atoms with Crippen LogP contribution in [0, 0.1) is 6.92 Å². The second kappa shape index (κ2) is 8.94. The molecule has 0 spiro atoms. The Kier molecular flexibility index (Phi) is 5.67. The fourth-order valence-corrected chi connectivity index (χ4v) is 5.23. The summed E-state index contributed by atoms with van der Waals surface area (Å²) < 4.78 is 7.54. The van der Waals surface area contributed by atoms with Crippen molar-refractivity contribution < 1.29 is 9.53 Å². The van der Waals surface area contributed by atoms with Gasteiger partial charge in [0.15, 0.2) is 5.65 Å². The minimum absolute atomic E-state index is 0.376. The van der Waals surface area contributed by atoms with Gasteiger partial charge in [-0.15, -0.1) is 10.2 Å². The summed E-state index contributed by atoms with van der Waals surface area (Å²) in [6.45, 7) is 7.58. The number of hydrogen-bond donors (Lipinski definition) is 1. The standard InChI is InChI=1S/C31H31N5O2/c1-20-34-35-28-25-19-24(21-9-6-5-7-10-21)27(32-26(25)15-18-36(20)28)22-11-13-23(14-12-22)31(16-8-17-31)33-29(37)38-30(2,3)4/h5-7,9-15,18-19H,8,16-17H2,1-4H3,(H,33,37). The fraction of sp³-hybridized carbons (Fsp3) is 0.290. The number of pyridine rings is 2. The van der Waals surface area contributed by atoms with E-state index in [1.165, 1.54) is 0 Å². The van der Waals surface area contributed by atoms with E-state index in [0.717, 1.165) is 69.6 Å². The van der Waals surface area contributed by atoms with Gasteiger partial charge in [-0.25, -0.2) is 9.78 Å². The van der Waals surface area contributed by atoms with Gasteiger partial charge in [0.2, 0.25) is 0 Å². The number of fused-ring (bicyclic) bond motifs is 3. The number of alkyl carbamates (subject to hydrolysis) is 1. The van der Waals surface area contributed by atoms with Gasteiger partial charge in [-0.1, -0.05) is 54.6 Å². The summed E-state index contributed by atoms with van der Waals surface area (Å²) in [6.07, 6.45) is 4.45. The third-order valence-corrected chi connectivity index (χ3v) is 7.28. The first kappa shape index (κ1) is 24.1. The molecule has 0 atom stereocenters. The molecule has 0 aliphatic heterocycles. The average Bonchev–Trinajstić information content (AvgIpc) is 3.26. The van der Waals surface area contributed by atoms with Gasteiger partial charge >= 0.3 is 6.09 Å².